The van der Waals surface area contributed by atoms with Crippen molar-refractivity contribution in [2.75, 3.05) is 26.2 Å². The van der Waals surface area contributed by atoms with Crippen molar-refractivity contribution in [1.29, 1.82) is 0 Å². The minimum atomic E-state index is 0.113. The Morgan fingerprint density at radius 3 is 2.44 bits per heavy atom. The predicted octanol–water partition coefficient (Wildman–Crippen LogP) is 0.810. The Morgan fingerprint density at radius 2 is 1.78 bits per heavy atom. The number of hydrogen-bond donors (Lipinski definition) is 1. The number of rotatable bonds is 2. The first kappa shape index (κ1) is 12.4. The van der Waals surface area contributed by atoms with Crippen molar-refractivity contribution in [3.05, 3.63) is 0 Å². The van der Waals surface area contributed by atoms with E-state index >= 15 is 0 Å². The number of carbonyl (C=O) groups excluding carboxylic acids is 1. The third kappa shape index (κ3) is 2.28. The zero-order valence-corrected chi connectivity index (χ0v) is 11.2. The minimum absolute atomic E-state index is 0.113. The summed E-state index contributed by atoms with van der Waals surface area (Å²) in [5.74, 6) is 0.448. The molecule has 4 nitrogen and oxygen atoms in total. The molecule has 0 aromatic rings. The molecule has 102 valence electrons. The largest absolute Gasteiger partial charge is 0.341 e. The van der Waals surface area contributed by atoms with Crippen molar-refractivity contribution in [2.45, 2.75) is 50.6 Å². The molecule has 4 heteroatoms. The van der Waals surface area contributed by atoms with Crippen LogP contribution < -0.4 is 5.73 Å². The van der Waals surface area contributed by atoms with Gasteiger partial charge in [0.1, 0.15) is 0 Å². The second-order valence-electron chi connectivity index (χ2n) is 6.17. The smallest absolute Gasteiger partial charge is 0.227 e. The van der Waals surface area contributed by atoms with Gasteiger partial charge in [0.2, 0.25) is 5.91 Å². The Kier molecular flexibility index (Phi) is 3.57. The third-order valence-corrected chi connectivity index (χ3v) is 5.02. The molecule has 2 saturated heterocycles. The molecular weight excluding hydrogens is 226 g/mol. The predicted molar refractivity (Wildman–Crippen MR) is 71.1 cm³/mol. The highest BCUT2D eigenvalue weighted by Gasteiger charge is 2.37. The maximum absolute atomic E-state index is 12.4. The first-order chi connectivity index (χ1) is 8.75. The lowest BCUT2D eigenvalue weighted by Crippen LogP contribution is -2.42. The fourth-order valence-corrected chi connectivity index (χ4v) is 3.88. The quantitative estimate of drug-likeness (QED) is 0.790. The van der Waals surface area contributed by atoms with Crippen LogP contribution in [0.25, 0.3) is 0 Å². The van der Waals surface area contributed by atoms with Crippen LogP contribution in [-0.2, 0) is 4.79 Å². The first-order valence-corrected chi connectivity index (χ1v) is 7.54. The second kappa shape index (κ2) is 5.17. The molecule has 0 spiro atoms. The lowest BCUT2D eigenvalue weighted by molar-refractivity contribution is -0.134. The van der Waals surface area contributed by atoms with Crippen molar-refractivity contribution in [3.8, 4) is 0 Å². The number of carbonyl (C=O) groups is 1. The summed E-state index contributed by atoms with van der Waals surface area (Å²) in [4.78, 5) is 17.1. The van der Waals surface area contributed by atoms with Crippen LogP contribution in [0.3, 0.4) is 0 Å². The lowest BCUT2D eigenvalue weighted by atomic mass is 10.0. The summed E-state index contributed by atoms with van der Waals surface area (Å²) >= 11 is 0. The Labute approximate surface area is 109 Å². The van der Waals surface area contributed by atoms with Gasteiger partial charge in [-0.1, -0.05) is 6.42 Å². The summed E-state index contributed by atoms with van der Waals surface area (Å²) in [6.45, 7) is 4.36. The Bertz CT molecular complexity index is 314. The molecule has 1 amide bonds. The molecule has 3 rings (SSSR count). The van der Waals surface area contributed by atoms with Crippen LogP contribution in [0.1, 0.15) is 38.5 Å². The van der Waals surface area contributed by atoms with Crippen LogP contribution in [0, 0.1) is 5.92 Å². The van der Waals surface area contributed by atoms with Crippen LogP contribution >= 0.6 is 0 Å². The molecule has 1 saturated carbocycles. The van der Waals surface area contributed by atoms with Crippen molar-refractivity contribution in [1.82, 2.24) is 9.80 Å². The molecule has 0 bridgehead atoms. The van der Waals surface area contributed by atoms with Gasteiger partial charge in [-0.15, -0.1) is 0 Å². The zero-order valence-electron chi connectivity index (χ0n) is 11.2. The Balaban J connectivity index is 1.56. The maximum atomic E-state index is 12.4. The SMILES string of the molecule is N[C@@H]1CCC[C@H]1C(=O)N1CC[C@@H](N2CCCC2)C1. The van der Waals surface area contributed by atoms with Gasteiger partial charge >= 0.3 is 0 Å². The summed E-state index contributed by atoms with van der Waals surface area (Å²) in [7, 11) is 0. The van der Waals surface area contributed by atoms with Gasteiger partial charge < -0.3 is 10.6 Å². The van der Waals surface area contributed by atoms with Crippen molar-refractivity contribution >= 4 is 5.91 Å². The molecule has 3 fully saturated rings. The van der Waals surface area contributed by atoms with Crippen LogP contribution in [0.4, 0.5) is 0 Å². The molecule has 18 heavy (non-hydrogen) atoms. The van der Waals surface area contributed by atoms with E-state index in [4.69, 9.17) is 5.73 Å². The van der Waals surface area contributed by atoms with E-state index in [-0.39, 0.29) is 12.0 Å². The van der Waals surface area contributed by atoms with E-state index in [2.05, 4.69) is 9.80 Å². The third-order valence-electron chi connectivity index (χ3n) is 5.02. The number of amides is 1. The zero-order chi connectivity index (χ0) is 12.5. The van der Waals surface area contributed by atoms with Crippen LogP contribution in [-0.4, -0.2) is 54.0 Å². The monoisotopic (exact) mass is 251 g/mol. The van der Waals surface area contributed by atoms with Gasteiger partial charge in [-0.25, -0.2) is 0 Å². The minimum Gasteiger partial charge on any atom is -0.341 e. The van der Waals surface area contributed by atoms with E-state index in [1.165, 1.54) is 25.9 Å². The standard InChI is InChI=1S/C14H25N3O/c15-13-5-3-4-12(13)14(18)17-9-6-11(10-17)16-7-1-2-8-16/h11-13H,1-10,15H2/t11-,12-,13-/m1/s1. The van der Waals surface area contributed by atoms with Crippen molar-refractivity contribution < 1.29 is 4.79 Å². The van der Waals surface area contributed by atoms with Gasteiger partial charge in [0, 0.05) is 25.2 Å². The molecule has 2 aliphatic heterocycles. The highest BCUT2D eigenvalue weighted by molar-refractivity contribution is 5.80. The summed E-state index contributed by atoms with van der Waals surface area (Å²) in [6.07, 6.45) is 6.98. The molecule has 0 radical (unpaired) electrons. The van der Waals surface area contributed by atoms with Gasteiger partial charge in [0.25, 0.3) is 0 Å². The van der Waals surface area contributed by atoms with Gasteiger partial charge in [0.15, 0.2) is 0 Å². The highest BCUT2D eigenvalue weighted by Crippen LogP contribution is 2.28. The molecule has 0 unspecified atom stereocenters. The average molecular weight is 251 g/mol. The van der Waals surface area contributed by atoms with E-state index in [9.17, 15) is 4.79 Å². The fraction of sp³-hybridized carbons (Fsp3) is 0.929. The number of likely N-dealkylation sites (tertiary alicyclic amines) is 2. The highest BCUT2D eigenvalue weighted by atomic mass is 16.2. The van der Waals surface area contributed by atoms with Crippen LogP contribution in [0.2, 0.25) is 0 Å². The van der Waals surface area contributed by atoms with Crippen molar-refractivity contribution in [2.24, 2.45) is 11.7 Å². The number of nitrogens with two attached hydrogens (primary N) is 1. The average Bonchev–Trinajstić information content (AvgIpc) is 3.09. The topological polar surface area (TPSA) is 49.6 Å². The van der Waals surface area contributed by atoms with Crippen LogP contribution in [0.5, 0.6) is 0 Å². The summed E-state index contributed by atoms with van der Waals surface area (Å²) < 4.78 is 0. The molecular formula is C14H25N3O. The molecule has 0 aromatic carbocycles. The van der Waals surface area contributed by atoms with Crippen LogP contribution in [0.15, 0.2) is 0 Å². The van der Waals surface area contributed by atoms with Gasteiger partial charge in [-0.3, -0.25) is 9.69 Å². The molecule has 3 atom stereocenters. The number of hydrogen-bond acceptors (Lipinski definition) is 3. The molecule has 0 aromatic heterocycles. The van der Waals surface area contributed by atoms with Gasteiger partial charge in [0.05, 0.1) is 5.92 Å². The second-order valence-corrected chi connectivity index (χ2v) is 6.17. The summed E-state index contributed by atoms with van der Waals surface area (Å²) in [5.41, 5.74) is 6.05. The van der Waals surface area contributed by atoms with E-state index in [1.807, 2.05) is 0 Å². The van der Waals surface area contributed by atoms with Gasteiger partial charge in [-0.05, 0) is 45.2 Å². The Hall–Kier alpha value is -0.610. The van der Waals surface area contributed by atoms with E-state index < -0.39 is 0 Å². The van der Waals surface area contributed by atoms with Crippen molar-refractivity contribution in [3.63, 3.8) is 0 Å². The van der Waals surface area contributed by atoms with Gasteiger partial charge in [-0.2, -0.15) is 0 Å². The molecule has 3 aliphatic rings. The normalized spacial score (nSPS) is 37.6. The Morgan fingerprint density at radius 1 is 1.00 bits per heavy atom. The molecule has 2 N–H and O–H groups in total. The fourth-order valence-electron chi connectivity index (χ4n) is 3.88. The lowest BCUT2D eigenvalue weighted by Gasteiger charge is -2.26. The summed E-state index contributed by atoms with van der Waals surface area (Å²) in [5, 5.41) is 0. The molecule has 2 heterocycles. The molecule has 1 aliphatic carbocycles. The van der Waals surface area contributed by atoms with E-state index in [1.54, 1.807) is 0 Å². The van der Waals surface area contributed by atoms with E-state index in [0.29, 0.717) is 11.9 Å². The first-order valence-electron chi connectivity index (χ1n) is 7.54. The van der Waals surface area contributed by atoms with E-state index in [0.717, 1.165) is 38.8 Å². The maximum Gasteiger partial charge on any atom is 0.227 e. The summed E-state index contributed by atoms with van der Waals surface area (Å²) in [6, 6.07) is 0.734. The number of nitrogens with zero attached hydrogens (tertiary/aromatic N) is 2.